The number of carbonyl (C=O) groups excluding carboxylic acids is 1. The molecule has 0 bridgehead atoms. The highest BCUT2D eigenvalue weighted by Gasteiger charge is 2.10. The van der Waals surface area contributed by atoms with Gasteiger partial charge >= 0.3 is 5.97 Å². The molecule has 0 saturated heterocycles. The minimum absolute atomic E-state index is 0.202. The van der Waals surface area contributed by atoms with Gasteiger partial charge in [0.1, 0.15) is 0 Å². The van der Waals surface area contributed by atoms with Gasteiger partial charge in [-0.25, -0.2) is 0 Å². The average molecular weight is 282 g/mol. The Morgan fingerprint density at radius 2 is 2.25 bits per heavy atom. The van der Waals surface area contributed by atoms with Gasteiger partial charge in [0.15, 0.2) is 0 Å². The summed E-state index contributed by atoms with van der Waals surface area (Å²) in [7, 11) is 0. The molecule has 0 aromatic heterocycles. The van der Waals surface area contributed by atoms with Crippen LogP contribution in [0.25, 0.3) is 0 Å². The number of rotatable bonds is 3. The van der Waals surface area contributed by atoms with Gasteiger partial charge in [0.05, 0.1) is 24.7 Å². The molecular formula is C12H12BrNO2. The number of hydrogen-bond acceptors (Lipinski definition) is 3. The lowest BCUT2D eigenvalue weighted by Crippen LogP contribution is -2.09. The first-order valence-corrected chi connectivity index (χ1v) is 5.72. The standard InChI is InChI=1S/C12H12BrNO2/c1-3-16-12(15)6-9-4-11(13)5-10(7-14)8(9)2/h4-5H,3,6H2,1-2H3. The van der Waals surface area contributed by atoms with E-state index in [1.165, 1.54) is 0 Å². The van der Waals surface area contributed by atoms with Crippen molar-refractivity contribution in [2.75, 3.05) is 6.61 Å². The molecule has 0 aliphatic carbocycles. The number of esters is 1. The first kappa shape index (κ1) is 12.7. The molecule has 0 saturated carbocycles. The van der Waals surface area contributed by atoms with Crippen LogP contribution in [0, 0.1) is 18.3 Å². The highest BCUT2D eigenvalue weighted by molar-refractivity contribution is 9.10. The van der Waals surface area contributed by atoms with Crippen LogP contribution in [0.1, 0.15) is 23.6 Å². The molecule has 1 aromatic carbocycles. The Kier molecular flexibility index (Phi) is 4.51. The van der Waals surface area contributed by atoms with Gasteiger partial charge in [-0.3, -0.25) is 4.79 Å². The van der Waals surface area contributed by atoms with Crippen LogP contribution in [-0.4, -0.2) is 12.6 Å². The lowest BCUT2D eigenvalue weighted by molar-refractivity contribution is -0.142. The van der Waals surface area contributed by atoms with Gasteiger partial charge in [0, 0.05) is 4.47 Å². The van der Waals surface area contributed by atoms with Crippen LogP contribution in [0.5, 0.6) is 0 Å². The van der Waals surface area contributed by atoms with Crippen molar-refractivity contribution in [3.05, 3.63) is 33.3 Å². The van der Waals surface area contributed by atoms with Crippen LogP contribution < -0.4 is 0 Å². The molecule has 1 rings (SSSR count). The zero-order chi connectivity index (χ0) is 12.1. The van der Waals surface area contributed by atoms with Gasteiger partial charge in [0.25, 0.3) is 0 Å². The molecule has 0 unspecified atom stereocenters. The smallest absolute Gasteiger partial charge is 0.310 e. The maximum absolute atomic E-state index is 11.4. The molecule has 0 spiro atoms. The van der Waals surface area contributed by atoms with E-state index in [1.807, 2.05) is 13.0 Å². The summed E-state index contributed by atoms with van der Waals surface area (Å²) in [5, 5.41) is 8.92. The van der Waals surface area contributed by atoms with Crippen LogP contribution >= 0.6 is 15.9 Å². The van der Waals surface area contributed by atoms with Gasteiger partial charge in [0.2, 0.25) is 0 Å². The monoisotopic (exact) mass is 281 g/mol. The van der Waals surface area contributed by atoms with Crippen LogP contribution in [0.15, 0.2) is 16.6 Å². The van der Waals surface area contributed by atoms with E-state index in [1.54, 1.807) is 13.0 Å². The molecule has 4 heteroatoms. The number of benzene rings is 1. The Bertz CT molecular complexity index is 449. The van der Waals surface area contributed by atoms with Gasteiger partial charge < -0.3 is 4.74 Å². The highest BCUT2D eigenvalue weighted by Crippen LogP contribution is 2.21. The van der Waals surface area contributed by atoms with Crippen molar-refractivity contribution in [2.24, 2.45) is 0 Å². The Labute approximate surface area is 103 Å². The van der Waals surface area contributed by atoms with Crippen LogP contribution in [-0.2, 0) is 16.0 Å². The van der Waals surface area contributed by atoms with Gasteiger partial charge in [-0.15, -0.1) is 0 Å². The minimum Gasteiger partial charge on any atom is -0.466 e. The summed E-state index contributed by atoms with van der Waals surface area (Å²) in [5.74, 6) is -0.271. The van der Waals surface area contributed by atoms with E-state index in [0.717, 1.165) is 15.6 Å². The summed E-state index contributed by atoms with van der Waals surface area (Å²) < 4.78 is 5.68. The third kappa shape index (κ3) is 3.07. The SMILES string of the molecule is CCOC(=O)Cc1cc(Br)cc(C#N)c1C. The molecule has 16 heavy (non-hydrogen) atoms. The van der Waals surface area contributed by atoms with Crippen LogP contribution in [0.2, 0.25) is 0 Å². The number of ether oxygens (including phenoxy) is 1. The summed E-state index contributed by atoms with van der Waals surface area (Å²) in [5.41, 5.74) is 2.23. The molecule has 0 N–H and O–H groups in total. The number of nitrogens with zero attached hydrogens (tertiary/aromatic N) is 1. The lowest BCUT2D eigenvalue weighted by atomic mass is 10.0. The van der Waals surface area contributed by atoms with Crippen molar-refractivity contribution in [3.8, 4) is 6.07 Å². The van der Waals surface area contributed by atoms with Crippen LogP contribution in [0.3, 0.4) is 0 Å². The Hall–Kier alpha value is -1.34. The Morgan fingerprint density at radius 3 is 2.81 bits per heavy atom. The van der Waals surface area contributed by atoms with Crippen molar-refractivity contribution in [1.82, 2.24) is 0 Å². The maximum atomic E-state index is 11.4. The second-order valence-electron chi connectivity index (χ2n) is 3.33. The Balaban J connectivity index is 3.01. The topological polar surface area (TPSA) is 50.1 Å². The largest absolute Gasteiger partial charge is 0.466 e. The molecule has 0 radical (unpaired) electrons. The third-order valence-corrected chi connectivity index (χ3v) is 2.70. The molecule has 0 amide bonds. The minimum atomic E-state index is -0.271. The fourth-order valence-corrected chi connectivity index (χ4v) is 1.91. The van der Waals surface area contributed by atoms with E-state index in [-0.39, 0.29) is 12.4 Å². The zero-order valence-electron chi connectivity index (χ0n) is 9.21. The van der Waals surface area contributed by atoms with Crippen molar-refractivity contribution in [3.63, 3.8) is 0 Å². The molecule has 0 aliphatic rings. The second-order valence-corrected chi connectivity index (χ2v) is 4.25. The number of hydrogen-bond donors (Lipinski definition) is 0. The van der Waals surface area contributed by atoms with Gasteiger partial charge in [-0.1, -0.05) is 15.9 Å². The zero-order valence-corrected chi connectivity index (χ0v) is 10.8. The Morgan fingerprint density at radius 1 is 1.56 bits per heavy atom. The molecule has 84 valence electrons. The summed E-state index contributed by atoms with van der Waals surface area (Å²) in [6, 6.07) is 5.68. The number of carbonyl (C=O) groups is 1. The van der Waals surface area contributed by atoms with Gasteiger partial charge in [-0.2, -0.15) is 5.26 Å². The summed E-state index contributed by atoms with van der Waals surface area (Å²) in [6.07, 6.45) is 0.202. The van der Waals surface area contributed by atoms with Crippen molar-refractivity contribution in [2.45, 2.75) is 20.3 Å². The first-order valence-electron chi connectivity index (χ1n) is 4.93. The van der Waals surface area contributed by atoms with Crippen molar-refractivity contribution in [1.29, 1.82) is 5.26 Å². The average Bonchev–Trinajstić information content (AvgIpc) is 2.23. The third-order valence-electron chi connectivity index (χ3n) is 2.24. The van der Waals surface area contributed by atoms with Crippen molar-refractivity contribution >= 4 is 21.9 Å². The maximum Gasteiger partial charge on any atom is 0.310 e. The van der Waals surface area contributed by atoms with E-state index in [9.17, 15) is 4.79 Å². The summed E-state index contributed by atoms with van der Waals surface area (Å²) in [6.45, 7) is 3.98. The normalized spacial score (nSPS) is 9.62. The first-order chi connectivity index (χ1) is 7.58. The molecule has 0 atom stereocenters. The van der Waals surface area contributed by atoms with E-state index in [2.05, 4.69) is 22.0 Å². The molecule has 0 heterocycles. The van der Waals surface area contributed by atoms with Crippen LogP contribution in [0.4, 0.5) is 0 Å². The lowest BCUT2D eigenvalue weighted by Gasteiger charge is -2.08. The van der Waals surface area contributed by atoms with E-state index < -0.39 is 0 Å². The fourth-order valence-electron chi connectivity index (χ4n) is 1.40. The van der Waals surface area contributed by atoms with E-state index in [0.29, 0.717) is 12.2 Å². The van der Waals surface area contributed by atoms with E-state index >= 15 is 0 Å². The highest BCUT2D eigenvalue weighted by atomic mass is 79.9. The molecule has 3 nitrogen and oxygen atoms in total. The molecule has 0 fully saturated rings. The molecule has 1 aromatic rings. The molecular weight excluding hydrogens is 270 g/mol. The second kappa shape index (κ2) is 5.66. The van der Waals surface area contributed by atoms with E-state index in [4.69, 9.17) is 10.00 Å². The quantitative estimate of drug-likeness (QED) is 0.801. The summed E-state index contributed by atoms with van der Waals surface area (Å²) >= 11 is 3.31. The predicted octanol–water partition coefficient (Wildman–Crippen LogP) is 2.73. The predicted molar refractivity (Wildman–Crippen MR) is 63.9 cm³/mol. The number of halogens is 1. The summed E-state index contributed by atoms with van der Waals surface area (Å²) in [4.78, 5) is 11.4. The number of nitriles is 1. The van der Waals surface area contributed by atoms with Crippen molar-refractivity contribution < 1.29 is 9.53 Å². The fraction of sp³-hybridized carbons (Fsp3) is 0.333. The van der Waals surface area contributed by atoms with Gasteiger partial charge in [-0.05, 0) is 37.1 Å². The molecule has 0 aliphatic heterocycles.